The largest absolute Gasteiger partial charge is 0.493 e. The van der Waals surface area contributed by atoms with Crippen LogP contribution in [-0.4, -0.2) is 56.3 Å². The van der Waals surface area contributed by atoms with Crippen molar-refractivity contribution in [3.8, 4) is 5.75 Å². The second-order valence-electron chi connectivity index (χ2n) is 9.34. The van der Waals surface area contributed by atoms with Crippen LogP contribution < -0.4 is 4.74 Å². The van der Waals surface area contributed by atoms with Crippen molar-refractivity contribution in [2.24, 2.45) is 5.41 Å². The van der Waals surface area contributed by atoms with E-state index in [1.807, 2.05) is 4.90 Å². The van der Waals surface area contributed by atoms with Gasteiger partial charge in [0, 0.05) is 43.0 Å². The molecule has 2 saturated heterocycles. The second-order valence-corrected chi connectivity index (χ2v) is 11.7. The second kappa shape index (κ2) is 10.8. The maximum absolute atomic E-state index is 13.7. The van der Waals surface area contributed by atoms with Gasteiger partial charge in [0.05, 0.1) is 11.5 Å². The van der Waals surface area contributed by atoms with Crippen LogP contribution in [0.2, 0.25) is 5.02 Å². The predicted molar refractivity (Wildman–Crippen MR) is 129 cm³/mol. The molecule has 2 aromatic rings. The van der Waals surface area contributed by atoms with Crippen molar-refractivity contribution in [2.75, 3.05) is 32.8 Å². The number of piperidine rings is 2. The van der Waals surface area contributed by atoms with Crippen molar-refractivity contribution in [2.45, 2.75) is 43.4 Å². The molecule has 1 amide bonds. The molecule has 2 aliphatic rings. The Balaban J connectivity index is 1.49. The monoisotopic (exact) mass is 526 g/mol. The first-order valence-electron chi connectivity index (χ1n) is 11.8. The van der Waals surface area contributed by atoms with Crippen LogP contribution in [0.5, 0.6) is 5.75 Å². The van der Waals surface area contributed by atoms with E-state index >= 15 is 0 Å². The number of halogens is 3. The van der Waals surface area contributed by atoms with Crippen molar-refractivity contribution in [3.05, 3.63) is 59.1 Å². The van der Waals surface area contributed by atoms with Crippen molar-refractivity contribution in [1.29, 1.82) is 0 Å². The molecule has 0 aromatic heterocycles. The van der Waals surface area contributed by atoms with Gasteiger partial charge in [0.1, 0.15) is 5.75 Å². The van der Waals surface area contributed by atoms with Gasteiger partial charge in [-0.25, -0.2) is 17.2 Å². The number of rotatable bonds is 7. The summed E-state index contributed by atoms with van der Waals surface area (Å²) in [4.78, 5) is 14.7. The third-order valence-corrected chi connectivity index (χ3v) is 9.05. The average Bonchev–Trinajstić information content (AvgIpc) is 2.86. The lowest BCUT2D eigenvalue weighted by Crippen LogP contribution is -2.48. The van der Waals surface area contributed by atoms with Crippen LogP contribution in [-0.2, 0) is 14.8 Å². The van der Waals surface area contributed by atoms with E-state index in [1.54, 1.807) is 24.3 Å². The third kappa shape index (κ3) is 6.13. The minimum Gasteiger partial charge on any atom is -0.493 e. The Morgan fingerprint density at radius 3 is 2.23 bits per heavy atom. The summed E-state index contributed by atoms with van der Waals surface area (Å²) >= 11 is 5.96. The van der Waals surface area contributed by atoms with E-state index in [0.717, 1.165) is 44.5 Å². The van der Waals surface area contributed by atoms with E-state index in [1.165, 1.54) is 4.31 Å². The van der Waals surface area contributed by atoms with Crippen LogP contribution >= 0.6 is 11.6 Å². The third-order valence-electron chi connectivity index (χ3n) is 6.91. The van der Waals surface area contributed by atoms with Crippen molar-refractivity contribution in [3.63, 3.8) is 0 Å². The van der Waals surface area contributed by atoms with E-state index < -0.39 is 27.1 Å². The van der Waals surface area contributed by atoms with E-state index in [0.29, 0.717) is 29.7 Å². The summed E-state index contributed by atoms with van der Waals surface area (Å²) in [6.45, 7) is 2.04. The summed E-state index contributed by atoms with van der Waals surface area (Å²) < 4.78 is 60.4. The predicted octanol–water partition coefficient (Wildman–Crippen LogP) is 4.87. The fourth-order valence-electron chi connectivity index (χ4n) is 4.70. The van der Waals surface area contributed by atoms with Crippen LogP contribution in [0.25, 0.3) is 0 Å². The lowest BCUT2D eigenvalue weighted by atomic mass is 9.76. The molecule has 2 heterocycles. The van der Waals surface area contributed by atoms with Crippen LogP contribution in [0.4, 0.5) is 8.78 Å². The molecule has 0 atom stereocenters. The van der Waals surface area contributed by atoms with E-state index in [-0.39, 0.29) is 36.9 Å². The highest BCUT2D eigenvalue weighted by Gasteiger charge is 2.41. The lowest BCUT2D eigenvalue weighted by Gasteiger charge is -2.42. The van der Waals surface area contributed by atoms with Gasteiger partial charge in [-0.2, -0.15) is 4.31 Å². The molecule has 2 fully saturated rings. The molecule has 0 saturated carbocycles. The zero-order chi connectivity index (χ0) is 25.1. The molecule has 2 aliphatic heterocycles. The maximum atomic E-state index is 13.7. The molecule has 0 radical (unpaired) electrons. The van der Waals surface area contributed by atoms with Crippen molar-refractivity contribution < 1.29 is 26.7 Å². The summed E-state index contributed by atoms with van der Waals surface area (Å²) in [5.74, 6) is -1.63. The van der Waals surface area contributed by atoms with Crippen molar-refractivity contribution >= 4 is 27.5 Å². The first-order valence-corrected chi connectivity index (χ1v) is 13.6. The number of nitrogens with zero attached hydrogens (tertiary/aromatic N) is 2. The van der Waals surface area contributed by atoms with Gasteiger partial charge in [0.25, 0.3) is 0 Å². The Morgan fingerprint density at radius 1 is 0.943 bits per heavy atom. The number of likely N-dealkylation sites (tertiary alicyclic amines) is 1. The first-order chi connectivity index (χ1) is 16.7. The van der Waals surface area contributed by atoms with Gasteiger partial charge in [0.15, 0.2) is 11.6 Å². The highest BCUT2D eigenvalue weighted by Crippen LogP contribution is 2.38. The quantitative estimate of drug-likeness (QED) is 0.516. The summed E-state index contributed by atoms with van der Waals surface area (Å²) in [6, 6.07) is 9.54. The van der Waals surface area contributed by atoms with Gasteiger partial charge in [0.2, 0.25) is 15.9 Å². The highest BCUT2D eigenvalue weighted by atomic mass is 35.5. The summed E-state index contributed by atoms with van der Waals surface area (Å²) in [5.41, 5.74) is -0.547. The molecule has 0 unspecified atom stereocenters. The standard InChI is InChI=1S/C25H29ClF2N2O4S/c26-19-4-6-20(7-5-19)34-18-25(17-24(31)29-12-2-1-3-13-29)10-14-30(15-11-25)35(32,33)21-8-9-22(27)23(28)16-21/h4-9,16H,1-3,10-15,17-18H2. The molecule has 0 spiro atoms. The average molecular weight is 527 g/mol. The number of amides is 1. The number of carbonyl (C=O) groups is 1. The topological polar surface area (TPSA) is 66.9 Å². The molecular formula is C25H29ClF2N2O4S. The summed E-state index contributed by atoms with van der Waals surface area (Å²) in [6.07, 6.45) is 4.16. The molecular weight excluding hydrogens is 498 g/mol. The van der Waals surface area contributed by atoms with E-state index in [2.05, 4.69) is 0 Å². The van der Waals surface area contributed by atoms with Crippen molar-refractivity contribution in [1.82, 2.24) is 9.21 Å². The minimum atomic E-state index is -4.00. The zero-order valence-corrected chi connectivity index (χ0v) is 21.0. The highest BCUT2D eigenvalue weighted by molar-refractivity contribution is 7.89. The number of ether oxygens (including phenoxy) is 1. The smallest absolute Gasteiger partial charge is 0.243 e. The zero-order valence-electron chi connectivity index (χ0n) is 19.4. The van der Waals surface area contributed by atoms with Crippen LogP contribution in [0.15, 0.2) is 47.4 Å². The van der Waals surface area contributed by atoms with E-state index in [4.69, 9.17) is 16.3 Å². The molecule has 6 nitrogen and oxygen atoms in total. The van der Waals surface area contributed by atoms with Crippen LogP contribution in [0, 0.1) is 17.0 Å². The van der Waals surface area contributed by atoms with Crippen LogP contribution in [0.3, 0.4) is 0 Å². The van der Waals surface area contributed by atoms with Crippen LogP contribution in [0.1, 0.15) is 38.5 Å². The summed E-state index contributed by atoms with van der Waals surface area (Å²) in [5, 5.41) is 0.586. The Bertz CT molecular complexity index is 1150. The Morgan fingerprint density at radius 2 is 1.60 bits per heavy atom. The molecule has 2 aromatic carbocycles. The Hall–Kier alpha value is -2.23. The number of hydrogen-bond donors (Lipinski definition) is 0. The molecule has 10 heteroatoms. The molecule has 0 bridgehead atoms. The normalized spacial score (nSPS) is 18.9. The van der Waals surface area contributed by atoms with Gasteiger partial charge >= 0.3 is 0 Å². The van der Waals surface area contributed by atoms with Gasteiger partial charge in [-0.1, -0.05) is 11.6 Å². The number of carbonyl (C=O) groups excluding carboxylic acids is 1. The van der Waals surface area contributed by atoms with Gasteiger partial charge < -0.3 is 9.64 Å². The SMILES string of the molecule is O=C(CC1(COc2ccc(Cl)cc2)CCN(S(=O)(=O)c2ccc(F)c(F)c2)CC1)N1CCCCC1. The number of hydrogen-bond acceptors (Lipinski definition) is 4. The Labute approximate surface area is 209 Å². The van der Waals surface area contributed by atoms with E-state index in [9.17, 15) is 22.0 Å². The molecule has 0 aliphatic carbocycles. The molecule has 0 N–H and O–H groups in total. The Kier molecular flexibility index (Phi) is 7.98. The summed E-state index contributed by atoms with van der Waals surface area (Å²) in [7, 11) is -4.00. The lowest BCUT2D eigenvalue weighted by molar-refractivity contribution is -0.136. The maximum Gasteiger partial charge on any atom is 0.243 e. The first kappa shape index (κ1) is 25.9. The number of benzene rings is 2. The fraction of sp³-hybridized carbons (Fsp3) is 0.480. The van der Waals surface area contributed by atoms with Gasteiger partial charge in [-0.15, -0.1) is 0 Å². The van der Waals surface area contributed by atoms with Gasteiger partial charge in [-0.05, 0) is 74.6 Å². The number of sulfonamides is 1. The fourth-order valence-corrected chi connectivity index (χ4v) is 6.28. The molecule has 4 rings (SSSR count). The molecule has 35 heavy (non-hydrogen) atoms. The minimum absolute atomic E-state index is 0.0568. The molecule has 190 valence electrons. The van der Waals surface area contributed by atoms with Gasteiger partial charge in [-0.3, -0.25) is 4.79 Å².